The number of carbonyl (C=O) groups is 1. The molecule has 0 fully saturated rings. The fourth-order valence-corrected chi connectivity index (χ4v) is 2.58. The second-order valence-corrected chi connectivity index (χ2v) is 5.91. The topological polar surface area (TPSA) is 68.8 Å². The molecule has 0 spiro atoms. The van der Waals surface area contributed by atoms with Gasteiger partial charge in [-0.2, -0.15) is 0 Å². The van der Waals surface area contributed by atoms with Gasteiger partial charge in [-0.25, -0.2) is 4.79 Å². The third-order valence-electron chi connectivity index (χ3n) is 3.89. The summed E-state index contributed by atoms with van der Waals surface area (Å²) in [5, 5.41) is 5.53. The number of amides is 2. The lowest BCUT2D eigenvalue weighted by Crippen LogP contribution is -2.33. The molecular formula is C22H28N2O4. The van der Waals surface area contributed by atoms with Crippen molar-refractivity contribution in [3.05, 3.63) is 59.8 Å². The highest BCUT2D eigenvalue weighted by molar-refractivity contribution is 5.75. The van der Waals surface area contributed by atoms with Crippen LogP contribution in [-0.4, -0.2) is 32.9 Å². The van der Waals surface area contributed by atoms with E-state index in [9.17, 15) is 4.79 Å². The predicted octanol–water partition coefficient (Wildman–Crippen LogP) is 4.01. The molecule has 0 aliphatic rings. The van der Waals surface area contributed by atoms with E-state index in [0.717, 1.165) is 28.4 Å². The number of hydrogen-bond donors (Lipinski definition) is 2. The molecule has 0 saturated carbocycles. The summed E-state index contributed by atoms with van der Waals surface area (Å²) in [6.07, 6.45) is 4.11. The maximum atomic E-state index is 11.9. The molecule has 150 valence electrons. The lowest BCUT2D eigenvalue weighted by atomic mass is 10.1. The Labute approximate surface area is 166 Å². The molecule has 0 radical (unpaired) electrons. The summed E-state index contributed by atoms with van der Waals surface area (Å²) in [7, 11) is 1.62. The Morgan fingerprint density at radius 3 is 2.57 bits per heavy atom. The molecule has 0 aromatic heterocycles. The lowest BCUT2D eigenvalue weighted by molar-refractivity contribution is 0.244. The summed E-state index contributed by atoms with van der Waals surface area (Å²) in [4.78, 5) is 11.9. The van der Waals surface area contributed by atoms with E-state index in [1.807, 2.05) is 62.4 Å². The van der Waals surface area contributed by atoms with E-state index < -0.39 is 0 Å². The van der Waals surface area contributed by atoms with Crippen LogP contribution < -0.4 is 24.8 Å². The molecule has 0 saturated heterocycles. The van der Waals surface area contributed by atoms with E-state index in [-0.39, 0.29) is 6.03 Å². The van der Waals surface area contributed by atoms with E-state index in [0.29, 0.717) is 26.2 Å². The van der Waals surface area contributed by atoms with E-state index in [1.54, 1.807) is 13.3 Å². The number of rotatable bonds is 10. The zero-order valence-corrected chi connectivity index (χ0v) is 16.7. The number of benzene rings is 2. The van der Waals surface area contributed by atoms with Crippen LogP contribution in [0.1, 0.15) is 25.0 Å². The predicted molar refractivity (Wildman–Crippen MR) is 111 cm³/mol. The molecule has 0 aliphatic heterocycles. The van der Waals surface area contributed by atoms with E-state index in [2.05, 4.69) is 10.6 Å². The highest BCUT2D eigenvalue weighted by atomic mass is 16.5. The van der Waals surface area contributed by atoms with E-state index in [4.69, 9.17) is 14.2 Å². The van der Waals surface area contributed by atoms with Gasteiger partial charge in [-0.1, -0.05) is 18.2 Å². The molecular weight excluding hydrogens is 356 g/mol. The normalized spacial score (nSPS) is 10.5. The largest absolute Gasteiger partial charge is 0.497 e. The van der Waals surface area contributed by atoms with Crippen LogP contribution in [0.5, 0.6) is 17.2 Å². The van der Waals surface area contributed by atoms with Crippen molar-refractivity contribution in [2.75, 3.05) is 26.9 Å². The maximum Gasteiger partial charge on any atom is 0.318 e. The summed E-state index contributed by atoms with van der Waals surface area (Å²) in [5.41, 5.74) is 2.01. The molecule has 0 atom stereocenters. The third kappa shape index (κ3) is 6.87. The van der Waals surface area contributed by atoms with Crippen LogP contribution in [0.3, 0.4) is 0 Å². The third-order valence-corrected chi connectivity index (χ3v) is 3.89. The van der Waals surface area contributed by atoms with Gasteiger partial charge in [0.15, 0.2) is 11.5 Å². The Balaban J connectivity index is 1.79. The minimum absolute atomic E-state index is 0.255. The zero-order valence-electron chi connectivity index (χ0n) is 16.7. The SMILES string of the molecule is CCOc1ccc(CCNC(=O)N/C=C/c2cccc(OC)c2)cc1OCC. The Morgan fingerprint density at radius 2 is 1.82 bits per heavy atom. The Kier molecular flexibility index (Phi) is 8.72. The number of hydrogen-bond acceptors (Lipinski definition) is 4. The molecule has 6 heteroatoms. The first kappa shape index (κ1) is 21.2. The van der Waals surface area contributed by atoms with Gasteiger partial charge in [-0.3, -0.25) is 0 Å². The summed E-state index contributed by atoms with van der Waals surface area (Å²) in [6, 6.07) is 13.2. The summed E-state index contributed by atoms with van der Waals surface area (Å²) < 4.78 is 16.4. The van der Waals surface area contributed by atoms with Crippen LogP contribution in [0.25, 0.3) is 6.08 Å². The van der Waals surface area contributed by atoms with Gasteiger partial charge < -0.3 is 24.8 Å². The number of nitrogens with one attached hydrogen (secondary N) is 2. The molecule has 0 heterocycles. The first-order valence-electron chi connectivity index (χ1n) is 9.39. The summed E-state index contributed by atoms with van der Waals surface area (Å²) in [5.74, 6) is 2.24. The Hall–Kier alpha value is -3.15. The first-order chi connectivity index (χ1) is 13.7. The molecule has 0 bridgehead atoms. The van der Waals surface area contributed by atoms with E-state index in [1.165, 1.54) is 0 Å². The van der Waals surface area contributed by atoms with Crippen molar-refractivity contribution >= 4 is 12.1 Å². The fraction of sp³-hybridized carbons (Fsp3) is 0.318. The van der Waals surface area contributed by atoms with Gasteiger partial charge in [0.1, 0.15) is 5.75 Å². The van der Waals surface area contributed by atoms with Gasteiger partial charge in [0.25, 0.3) is 0 Å². The number of urea groups is 1. The zero-order chi connectivity index (χ0) is 20.2. The Bertz CT molecular complexity index is 790. The van der Waals surface area contributed by atoms with Crippen molar-refractivity contribution in [2.24, 2.45) is 0 Å². The lowest BCUT2D eigenvalue weighted by Gasteiger charge is -2.12. The minimum Gasteiger partial charge on any atom is -0.497 e. The van der Waals surface area contributed by atoms with Crippen LogP contribution >= 0.6 is 0 Å². The van der Waals surface area contributed by atoms with Crippen LogP contribution in [0.15, 0.2) is 48.7 Å². The molecule has 0 aliphatic carbocycles. The summed E-state index contributed by atoms with van der Waals surface area (Å²) in [6.45, 7) is 5.55. The average molecular weight is 384 g/mol. The van der Waals surface area contributed by atoms with Crippen LogP contribution in [0.4, 0.5) is 4.79 Å². The number of methoxy groups -OCH3 is 1. The quantitative estimate of drug-likeness (QED) is 0.650. The van der Waals surface area contributed by atoms with Gasteiger partial charge in [0, 0.05) is 12.7 Å². The van der Waals surface area contributed by atoms with Gasteiger partial charge in [-0.15, -0.1) is 0 Å². The van der Waals surface area contributed by atoms with Crippen molar-refractivity contribution < 1.29 is 19.0 Å². The van der Waals surface area contributed by atoms with Crippen molar-refractivity contribution in [3.8, 4) is 17.2 Å². The van der Waals surface area contributed by atoms with Crippen molar-refractivity contribution in [2.45, 2.75) is 20.3 Å². The van der Waals surface area contributed by atoms with Crippen molar-refractivity contribution in [1.29, 1.82) is 0 Å². The summed E-state index contributed by atoms with van der Waals surface area (Å²) >= 11 is 0. The van der Waals surface area contributed by atoms with E-state index >= 15 is 0 Å². The second-order valence-electron chi connectivity index (χ2n) is 5.91. The van der Waals surface area contributed by atoms with Crippen molar-refractivity contribution in [1.82, 2.24) is 10.6 Å². The van der Waals surface area contributed by atoms with Crippen LogP contribution in [0, 0.1) is 0 Å². The molecule has 2 aromatic rings. The van der Waals surface area contributed by atoms with Crippen molar-refractivity contribution in [3.63, 3.8) is 0 Å². The maximum absolute atomic E-state index is 11.9. The highest BCUT2D eigenvalue weighted by Crippen LogP contribution is 2.28. The second kappa shape index (κ2) is 11.5. The molecule has 6 nitrogen and oxygen atoms in total. The molecule has 2 amide bonds. The smallest absolute Gasteiger partial charge is 0.318 e. The Morgan fingerprint density at radius 1 is 1.04 bits per heavy atom. The molecule has 2 aromatic carbocycles. The van der Waals surface area contributed by atoms with Gasteiger partial charge in [0.05, 0.1) is 20.3 Å². The standard InChI is InChI=1S/C22H28N2O4/c1-4-27-20-10-9-18(16-21(20)28-5-2)12-14-24-22(25)23-13-11-17-7-6-8-19(15-17)26-3/h6-11,13,15-16H,4-5,12,14H2,1-3H3,(H2,23,24,25)/b13-11+. The highest BCUT2D eigenvalue weighted by Gasteiger charge is 2.06. The van der Waals surface area contributed by atoms with Gasteiger partial charge in [-0.05, 0) is 61.7 Å². The minimum atomic E-state index is -0.255. The first-order valence-corrected chi connectivity index (χ1v) is 9.39. The van der Waals surface area contributed by atoms with Crippen LogP contribution in [0.2, 0.25) is 0 Å². The number of carbonyl (C=O) groups excluding carboxylic acids is 1. The van der Waals surface area contributed by atoms with Gasteiger partial charge in [0.2, 0.25) is 0 Å². The monoisotopic (exact) mass is 384 g/mol. The molecule has 2 rings (SSSR count). The number of ether oxygens (including phenoxy) is 3. The molecule has 0 unspecified atom stereocenters. The molecule has 28 heavy (non-hydrogen) atoms. The van der Waals surface area contributed by atoms with Crippen LogP contribution in [-0.2, 0) is 6.42 Å². The molecule has 2 N–H and O–H groups in total. The average Bonchev–Trinajstić information content (AvgIpc) is 2.70. The fourth-order valence-electron chi connectivity index (χ4n) is 2.58. The van der Waals surface area contributed by atoms with Gasteiger partial charge >= 0.3 is 6.03 Å².